The highest BCUT2D eigenvalue weighted by Gasteiger charge is 2.20. The third-order valence-corrected chi connectivity index (χ3v) is 6.36. The van der Waals surface area contributed by atoms with Gasteiger partial charge in [-0.15, -0.1) is 0 Å². The van der Waals surface area contributed by atoms with Crippen molar-refractivity contribution in [2.75, 3.05) is 18.9 Å². The zero-order valence-corrected chi connectivity index (χ0v) is 17.5. The highest BCUT2D eigenvalue weighted by molar-refractivity contribution is 8.14. The standard InChI is InChI=1S/C22H28N4OS/c1-16-13-20(17(2)26(16)11-10-18-7-4-3-5-8-18)21-15-28-22(25-24-21)23-14-19-9-6-12-27-19/h3-5,7-8,13,19H,6,9-12,14-15H2,1-2H3,(H,23,25)/t19-/m1/s1. The van der Waals surface area contributed by atoms with Crippen LogP contribution in [0.1, 0.15) is 35.4 Å². The summed E-state index contributed by atoms with van der Waals surface area (Å²) >= 11 is 1.73. The third kappa shape index (κ3) is 4.50. The van der Waals surface area contributed by atoms with Crippen LogP contribution in [0.2, 0.25) is 0 Å². The Hall–Kier alpha value is -2.05. The van der Waals surface area contributed by atoms with Gasteiger partial charge in [-0.3, -0.25) is 10.4 Å². The van der Waals surface area contributed by atoms with E-state index in [4.69, 9.17) is 4.74 Å². The number of hydrogen-bond acceptors (Lipinski definition) is 4. The molecule has 3 heterocycles. The molecule has 1 fully saturated rings. The van der Waals surface area contributed by atoms with E-state index in [-0.39, 0.29) is 6.10 Å². The van der Waals surface area contributed by atoms with E-state index in [2.05, 4.69) is 70.3 Å². The minimum atomic E-state index is 0.281. The summed E-state index contributed by atoms with van der Waals surface area (Å²) in [6, 6.07) is 12.9. The number of nitrogens with one attached hydrogen (secondary N) is 1. The molecular formula is C22H28N4OS. The van der Waals surface area contributed by atoms with E-state index in [9.17, 15) is 0 Å². The van der Waals surface area contributed by atoms with Crippen molar-refractivity contribution in [3.63, 3.8) is 0 Å². The van der Waals surface area contributed by atoms with Crippen molar-refractivity contribution in [2.24, 2.45) is 10.1 Å². The number of ether oxygens (including phenoxy) is 1. The van der Waals surface area contributed by atoms with Gasteiger partial charge in [0.15, 0.2) is 5.17 Å². The second-order valence-corrected chi connectivity index (χ2v) is 8.38. The summed E-state index contributed by atoms with van der Waals surface area (Å²) < 4.78 is 8.04. The predicted molar refractivity (Wildman–Crippen MR) is 117 cm³/mol. The van der Waals surface area contributed by atoms with Gasteiger partial charge < -0.3 is 9.30 Å². The first kappa shape index (κ1) is 19.3. The second-order valence-electron chi connectivity index (χ2n) is 7.41. The van der Waals surface area contributed by atoms with Gasteiger partial charge >= 0.3 is 0 Å². The van der Waals surface area contributed by atoms with Gasteiger partial charge in [0.25, 0.3) is 0 Å². The molecule has 148 valence electrons. The summed E-state index contributed by atoms with van der Waals surface area (Å²) in [6.07, 6.45) is 3.59. The molecule has 0 radical (unpaired) electrons. The largest absolute Gasteiger partial charge is 0.376 e. The maximum atomic E-state index is 5.64. The number of amidine groups is 1. The molecule has 1 aromatic heterocycles. The summed E-state index contributed by atoms with van der Waals surface area (Å²) in [5, 5.41) is 5.52. The van der Waals surface area contributed by atoms with Crippen molar-refractivity contribution in [3.05, 3.63) is 58.9 Å². The van der Waals surface area contributed by atoms with Crippen LogP contribution in [0.5, 0.6) is 0 Å². The number of benzene rings is 1. The molecule has 0 spiro atoms. The van der Waals surface area contributed by atoms with Gasteiger partial charge in [-0.25, -0.2) is 0 Å². The Morgan fingerprint density at radius 2 is 2.14 bits per heavy atom. The minimum Gasteiger partial charge on any atom is -0.376 e. The summed E-state index contributed by atoms with van der Waals surface area (Å²) in [5.41, 5.74) is 9.42. The number of thioether (sulfide) groups is 1. The van der Waals surface area contributed by atoms with Crippen LogP contribution in [0, 0.1) is 13.8 Å². The Morgan fingerprint density at radius 1 is 1.29 bits per heavy atom. The molecule has 2 aliphatic heterocycles. The number of aliphatic imine (C=N–C) groups is 1. The second kappa shape index (κ2) is 8.97. The fourth-order valence-corrected chi connectivity index (χ4v) is 4.60. The summed E-state index contributed by atoms with van der Waals surface area (Å²) in [5.74, 6) is 0.848. The van der Waals surface area contributed by atoms with Crippen LogP contribution >= 0.6 is 11.8 Å². The highest BCUT2D eigenvalue weighted by atomic mass is 32.2. The Balaban J connectivity index is 1.41. The number of rotatable bonds is 6. The minimum absolute atomic E-state index is 0.281. The van der Waals surface area contributed by atoms with E-state index >= 15 is 0 Å². The average Bonchev–Trinajstić information content (AvgIpc) is 3.34. The molecule has 0 saturated carbocycles. The molecular weight excluding hydrogens is 368 g/mol. The monoisotopic (exact) mass is 396 g/mol. The average molecular weight is 397 g/mol. The van der Waals surface area contributed by atoms with E-state index in [1.54, 1.807) is 11.8 Å². The zero-order valence-electron chi connectivity index (χ0n) is 16.6. The van der Waals surface area contributed by atoms with Crippen molar-refractivity contribution < 1.29 is 4.74 Å². The van der Waals surface area contributed by atoms with Crippen molar-refractivity contribution >= 4 is 22.6 Å². The van der Waals surface area contributed by atoms with Crippen molar-refractivity contribution in [3.8, 4) is 0 Å². The molecule has 0 amide bonds. The van der Waals surface area contributed by atoms with Crippen LogP contribution in [0.15, 0.2) is 46.5 Å². The smallest absolute Gasteiger partial charge is 0.177 e. The summed E-state index contributed by atoms with van der Waals surface area (Å²) in [4.78, 5) is 4.63. The third-order valence-electron chi connectivity index (χ3n) is 5.45. The summed E-state index contributed by atoms with van der Waals surface area (Å²) in [6.45, 7) is 6.97. The predicted octanol–water partition coefficient (Wildman–Crippen LogP) is 3.92. The quantitative estimate of drug-likeness (QED) is 0.805. The number of nitrogens with zero attached hydrogens (tertiary/aromatic N) is 3. The molecule has 1 saturated heterocycles. The van der Waals surface area contributed by atoms with Gasteiger partial charge in [0.1, 0.15) is 0 Å². The van der Waals surface area contributed by atoms with E-state index < -0.39 is 0 Å². The van der Waals surface area contributed by atoms with Crippen molar-refractivity contribution in [2.45, 2.75) is 45.8 Å². The molecule has 5 nitrogen and oxygen atoms in total. The number of aromatic nitrogens is 1. The molecule has 0 unspecified atom stereocenters. The molecule has 1 atom stereocenters. The highest BCUT2D eigenvalue weighted by Crippen LogP contribution is 2.21. The Morgan fingerprint density at radius 3 is 2.86 bits per heavy atom. The van der Waals surface area contributed by atoms with Gasteiger partial charge in [0, 0.05) is 35.9 Å². The van der Waals surface area contributed by atoms with Crippen LogP contribution in [0.25, 0.3) is 0 Å². The molecule has 0 aliphatic carbocycles. The maximum absolute atomic E-state index is 5.64. The molecule has 0 bridgehead atoms. The van der Waals surface area contributed by atoms with Crippen LogP contribution in [0.3, 0.4) is 0 Å². The lowest BCUT2D eigenvalue weighted by molar-refractivity contribution is 0.118. The van der Waals surface area contributed by atoms with Crippen molar-refractivity contribution in [1.29, 1.82) is 0 Å². The topological polar surface area (TPSA) is 50.9 Å². The molecule has 4 rings (SSSR count). The Kier molecular flexibility index (Phi) is 6.17. The number of hydrazone groups is 1. The van der Waals surface area contributed by atoms with Crippen LogP contribution < -0.4 is 5.43 Å². The fraction of sp³-hybridized carbons (Fsp3) is 0.455. The molecule has 1 aromatic carbocycles. The SMILES string of the molecule is Cc1cc(C2=NNC(=NC[C@H]3CCCO3)SC2)c(C)n1CCc1ccccc1. The van der Waals surface area contributed by atoms with E-state index in [1.165, 1.54) is 22.5 Å². The van der Waals surface area contributed by atoms with Gasteiger partial charge in [-0.05, 0) is 44.7 Å². The molecule has 2 aromatic rings. The van der Waals surface area contributed by atoms with E-state index in [0.717, 1.165) is 55.6 Å². The first-order valence-corrected chi connectivity index (χ1v) is 11.0. The maximum Gasteiger partial charge on any atom is 0.177 e. The first-order valence-electron chi connectivity index (χ1n) is 10.0. The molecule has 6 heteroatoms. The first-order chi connectivity index (χ1) is 13.7. The molecule has 28 heavy (non-hydrogen) atoms. The van der Waals surface area contributed by atoms with Gasteiger partial charge in [-0.1, -0.05) is 42.1 Å². The van der Waals surface area contributed by atoms with Crippen LogP contribution in [0.4, 0.5) is 0 Å². The van der Waals surface area contributed by atoms with Gasteiger partial charge in [-0.2, -0.15) is 5.10 Å². The zero-order chi connectivity index (χ0) is 19.3. The lowest BCUT2D eigenvalue weighted by Crippen LogP contribution is -2.26. The van der Waals surface area contributed by atoms with Gasteiger partial charge in [0.05, 0.1) is 18.4 Å². The number of aryl methyl sites for hydroxylation is 2. The fourth-order valence-electron chi connectivity index (χ4n) is 3.83. The Bertz CT molecular complexity index is 866. The molecule has 2 aliphatic rings. The Labute approximate surface area is 171 Å². The lowest BCUT2D eigenvalue weighted by atomic mass is 10.1. The normalized spacial score (nSPS) is 21.0. The summed E-state index contributed by atoms with van der Waals surface area (Å²) in [7, 11) is 0. The van der Waals surface area contributed by atoms with Crippen LogP contribution in [-0.4, -0.2) is 40.5 Å². The van der Waals surface area contributed by atoms with E-state index in [1.807, 2.05) is 0 Å². The van der Waals surface area contributed by atoms with Crippen molar-refractivity contribution in [1.82, 2.24) is 9.99 Å². The number of hydrogen-bond donors (Lipinski definition) is 1. The van der Waals surface area contributed by atoms with Crippen LogP contribution in [-0.2, 0) is 17.7 Å². The van der Waals surface area contributed by atoms with E-state index in [0.29, 0.717) is 0 Å². The van der Waals surface area contributed by atoms with Gasteiger partial charge in [0.2, 0.25) is 0 Å². The lowest BCUT2D eigenvalue weighted by Gasteiger charge is -2.16. The molecule has 1 N–H and O–H groups in total.